The van der Waals surface area contributed by atoms with Crippen molar-refractivity contribution >= 4 is 29.1 Å². The van der Waals surface area contributed by atoms with Crippen LogP contribution in [0.2, 0.25) is 5.02 Å². The second kappa shape index (κ2) is 9.67. The zero-order valence-corrected chi connectivity index (χ0v) is 17.8. The normalized spacial score (nSPS) is 10.9. The highest BCUT2D eigenvalue weighted by Gasteiger charge is 2.15. The zero-order chi connectivity index (χ0) is 21.6. The molecule has 2 heterocycles. The molecule has 0 spiro atoms. The van der Waals surface area contributed by atoms with Crippen LogP contribution in [0.3, 0.4) is 0 Å². The number of nitro benzene ring substituents is 1. The Labute approximate surface area is 187 Å². The topological polar surface area (TPSA) is 96.2 Å². The lowest BCUT2D eigenvalue weighted by atomic mass is 10.2. The smallest absolute Gasteiger partial charge is 0.269 e. The van der Waals surface area contributed by atoms with Gasteiger partial charge in [-0.05, 0) is 42.0 Å². The van der Waals surface area contributed by atoms with Gasteiger partial charge >= 0.3 is 0 Å². The summed E-state index contributed by atoms with van der Waals surface area (Å²) in [6.07, 6.45) is 1.62. The first-order valence-corrected chi connectivity index (χ1v) is 10.6. The van der Waals surface area contributed by atoms with E-state index < -0.39 is 4.92 Å². The first kappa shape index (κ1) is 21.0. The Bertz CT molecular complexity index is 1150. The predicted octanol–water partition coefficient (Wildman–Crippen LogP) is 5.35. The molecule has 0 aliphatic carbocycles. The number of benzene rings is 2. The van der Waals surface area contributed by atoms with E-state index in [1.165, 1.54) is 23.9 Å². The number of non-ortho nitro benzene ring substituents is 1. The van der Waals surface area contributed by atoms with E-state index in [-0.39, 0.29) is 12.3 Å². The van der Waals surface area contributed by atoms with Gasteiger partial charge < -0.3 is 9.15 Å². The number of furan rings is 1. The number of nitrogens with zero attached hydrogens (tertiary/aromatic N) is 4. The number of halogens is 1. The van der Waals surface area contributed by atoms with Crippen molar-refractivity contribution in [2.45, 2.75) is 24.1 Å². The minimum Gasteiger partial charge on any atom is -0.486 e. The molecule has 0 saturated carbocycles. The van der Waals surface area contributed by atoms with E-state index in [1.807, 2.05) is 16.7 Å². The van der Waals surface area contributed by atoms with Gasteiger partial charge in [0.1, 0.15) is 18.1 Å². The number of thioether (sulfide) groups is 1. The maximum Gasteiger partial charge on any atom is 0.269 e. The fourth-order valence-corrected chi connectivity index (χ4v) is 3.83. The van der Waals surface area contributed by atoms with Crippen molar-refractivity contribution in [2.75, 3.05) is 0 Å². The van der Waals surface area contributed by atoms with Gasteiger partial charge in [0.2, 0.25) is 0 Å². The van der Waals surface area contributed by atoms with E-state index in [0.717, 1.165) is 11.3 Å². The highest BCUT2D eigenvalue weighted by Crippen LogP contribution is 2.25. The maximum absolute atomic E-state index is 10.8. The van der Waals surface area contributed by atoms with Gasteiger partial charge in [0, 0.05) is 22.9 Å². The van der Waals surface area contributed by atoms with Gasteiger partial charge in [-0.3, -0.25) is 14.7 Å². The molecule has 0 bridgehead atoms. The van der Waals surface area contributed by atoms with E-state index in [2.05, 4.69) is 10.2 Å². The molecule has 0 amide bonds. The summed E-state index contributed by atoms with van der Waals surface area (Å²) in [5, 5.41) is 20.8. The molecule has 10 heteroatoms. The molecular weight excluding hydrogens is 440 g/mol. The molecule has 158 valence electrons. The quantitative estimate of drug-likeness (QED) is 0.190. The van der Waals surface area contributed by atoms with Crippen LogP contribution < -0.4 is 4.74 Å². The molecule has 0 atom stereocenters. The molecule has 31 heavy (non-hydrogen) atoms. The summed E-state index contributed by atoms with van der Waals surface area (Å²) < 4.78 is 13.3. The van der Waals surface area contributed by atoms with Crippen molar-refractivity contribution in [3.8, 4) is 5.75 Å². The third-order valence-corrected chi connectivity index (χ3v) is 5.67. The Balaban J connectivity index is 1.49. The number of ether oxygens (including phenoxy) is 1. The molecule has 0 saturated heterocycles. The third-order valence-electron chi connectivity index (χ3n) is 4.38. The largest absolute Gasteiger partial charge is 0.486 e. The second-order valence-corrected chi connectivity index (χ2v) is 7.90. The van der Waals surface area contributed by atoms with E-state index in [9.17, 15) is 10.1 Å². The van der Waals surface area contributed by atoms with Crippen LogP contribution in [0, 0.1) is 10.1 Å². The van der Waals surface area contributed by atoms with Crippen LogP contribution in [-0.2, 0) is 18.9 Å². The molecule has 0 aliphatic heterocycles. The van der Waals surface area contributed by atoms with Crippen LogP contribution in [0.1, 0.15) is 17.1 Å². The number of rotatable bonds is 9. The maximum atomic E-state index is 10.8. The highest BCUT2D eigenvalue weighted by atomic mass is 35.5. The number of hydrogen-bond donors (Lipinski definition) is 0. The summed E-state index contributed by atoms with van der Waals surface area (Å²) in [6, 6.07) is 17.3. The Hall–Kier alpha value is -3.30. The van der Waals surface area contributed by atoms with Gasteiger partial charge in [-0.1, -0.05) is 35.5 Å². The predicted molar refractivity (Wildman–Crippen MR) is 116 cm³/mol. The summed E-state index contributed by atoms with van der Waals surface area (Å²) in [6.45, 7) is 0.690. The van der Waals surface area contributed by atoms with Gasteiger partial charge in [0.05, 0.1) is 17.7 Å². The molecular formula is C21H17ClN4O4S. The van der Waals surface area contributed by atoms with Crippen LogP contribution in [0.4, 0.5) is 5.69 Å². The lowest BCUT2D eigenvalue weighted by Crippen LogP contribution is -2.09. The average molecular weight is 457 g/mol. The van der Waals surface area contributed by atoms with Crippen molar-refractivity contribution in [3.05, 3.63) is 99.2 Å². The molecule has 0 unspecified atom stereocenters. The average Bonchev–Trinajstić information content (AvgIpc) is 3.43. The van der Waals surface area contributed by atoms with Crippen LogP contribution in [0.25, 0.3) is 0 Å². The summed E-state index contributed by atoms with van der Waals surface area (Å²) in [4.78, 5) is 10.4. The molecule has 2 aromatic heterocycles. The first-order chi connectivity index (χ1) is 15.1. The molecule has 0 N–H and O–H groups in total. The Kier molecular flexibility index (Phi) is 6.54. The van der Waals surface area contributed by atoms with Crippen molar-refractivity contribution in [3.63, 3.8) is 0 Å². The van der Waals surface area contributed by atoms with Gasteiger partial charge in [-0.2, -0.15) is 0 Å². The molecule has 4 rings (SSSR count). The van der Waals surface area contributed by atoms with Gasteiger partial charge in [0.15, 0.2) is 11.0 Å². The molecule has 0 radical (unpaired) electrons. The fraction of sp³-hybridized carbons (Fsp3) is 0.143. The van der Waals surface area contributed by atoms with E-state index in [4.69, 9.17) is 20.8 Å². The van der Waals surface area contributed by atoms with E-state index >= 15 is 0 Å². The lowest BCUT2D eigenvalue weighted by Gasteiger charge is -2.10. The molecule has 0 fully saturated rings. The van der Waals surface area contributed by atoms with Crippen LogP contribution in [0.15, 0.2) is 76.5 Å². The SMILES string of the molecule is O=[N+]([O-])c1ccc(CSc2nnc(COc3ccc(Cl)cc3)n2Cc2ccco2)cc1. The van der Waals surface area contributed by atoms with Crippen molar-refractivity contribution in [2.24, 2.45) is 0 Å². The van der Waals surface area contributed by atoms with Gasteiger partial charge in [0.25, 0.3) is 5.69 Å². The monoisotopic (exact) mass is 456 g/mol. The number of hydrogen-bond acceptors (Lipinski definition) is 7. The van der Waals surface area contributed by atoms with Gasteiger partial charge in [-0.25, -0.2) is 0 Å². The molecule has 0 aliphatic rings. The minimum atomic E-state index is -0.413. The number of nitro groups is 1. The Morgan fingerprint density at radius 3 is 2.55 bits per heavy atom. The van der Waals surface area contributed by atoms with Crippen LogP contribution in [0.5, 0.6) is 5.75 Å². The Morgan fingerprint density at radius 2 is 1.87 bits per heavy atom. The molecule has 2 aromatic carbocycles. The summed E-state index contributed by atoms with van der Waals surface area (Å²) in [7, 11) is 0. The Morgan fingerprint density at radius 1 is 1.10 bits per heavy atom. The lowest BCUT2D eigenvalue weighted by molar-refractivity contribution is -0.384. The molecule has 4 aromatic rings. The van der Waals surface area contributed by atoms with Crippen LogP contribution >= 0.6 is 23.4 Å². The summed E-state index contributed by atoms with van der Waals surface area (Å²) in [5.74, 6) is 2.69. The van der Waals surface area contributed by atoms with Crippen molar-refractivity contribution in [1.29, 1.82) is 0 Å². The van der Waals surface area contributed by atoms with E-state index in [0.29, 0.717) is 34.1 Å². The first-order valence-electron chi connectivity index (χ1n) is 9.27. The van der Waals surface area contributed by atoms with Crippen LogP contribution in [-0.4, -0.2) is 19.7 Å². The zero-order valence-electron chi connectivity index (χ0n) is 16.2. The standard InChI is InChI=1S/C21H17ClN4O4S/c22-16-5-9-18(10-6-16)30-13-20-23-24-21(25(20)12-19-2-1-11-29-19)31-14-15-3-7-17(8-4-15)26(27)28/h1-11H,12-14H2. The summed E-state index contributed by atoms with van der Waals surface area (Å²) >= 11 is 7.40. The number of aromatic nitrogens is 3. The third kappa shape index (κ3) is 5.44. The summed E-state index contributed by atoms with van der Waals surface area (Å²) in [5.41, 5.74) is 1.01. The minimum absolute atomic E-state index is 0.0661. The highest BCUT2D eigenvalue weighted by molar-refractivity contribution is 7.98. The second-order valence-electron chi connectivity index (χ2n) is 6.52. The molecule has 8 nitrogen and oxygen atoms in total. The van der Waals surface area contributed by atoms with Crippen molar-refractivity contribution in [1.82, 2.24) is 14.8 Å². The van der Waals surface area contributed by atoms with E-state index in [1.54, 1.807) is 42.7 Å². The van der Waals surface area contributed by atoms with Gasteiger partial charge in [-0.15, -0.1) is 10.2 Å². The van der Waals surface area contributed by atoms with Crippen molar-refractivity contribution < 1.29 is 14.1 Å². The fourth-order valence-electron chi connectivity index (χ4n) is 2.79.